The first-order valence-electron chi connectivity index (χ1n) is 11.0. The number of carbonyl (C=O) groups is 1. The molecule has 1 aliphatic heterocycles. The molecule has 33 heavy (non-hydrogen) atoms. The number of amides is 1. The minimum Gasteiger partial charge on any atom is -0.493 e. The highest BCUT2D eigenvalue weighted by atomic mass is 16.5. The van der Waals surface area contributed by atoms with Crippen LogP contribution in [0, 0.1) is 6.92 Å². The first-order chi connectivity index (χ1) is 16.0. The average Bonchev–Trinajstić information content (AvgIpc) is 3.26. The van der Waals surface area contributed by atoms with E-state index in [0.717, 1.165) is 54.4 Å². The maximum atomic E-state index is 11.0. The van der Waals surface area contributed by atoms with E-state index in [-0.39, 0.29) is 12.6 Å². The zero-order chi connectivity index (χ0) is 23.2. The second kappa shape index (κ2) is 10.3. The molecule has 4 rings (SSSR count). The lowest BCUT2D eigenvalue weighted by atomic mass is 10.1. The number of hydrogen-bond acceptors (Lipinski definition) is 7. The molecule has 1 amide bonds. The van der Waals surface area contributed by atoms with E-state index in [2.05, 4.69) is 27.3 Å². The maximum absolute atomic E-state index is 11.0. The molecular formula is C25H29N5O3. The third kappa shape index (κ3) is 5.78. The van der Waals surface area contributed by atoms with Crippen molar-refractivity contribution in [2.45, 2.75) is 32.4 Å². The van der Waals surface area contributed by atoms with E-state index in [1.165, 1.54) is 0 Å². The molecule has 3 aromatic rings. The van der Waals surface area contributed by atoms with E-state index in [4.69, 9.17) is 20.2 Å². The molecular weight excluding hydrogens is 418 g/mol. The number of pyridine rings is 2. The SMILES string of the molecule is COc1cc(CN2CCC[C@@H]2c2ccc(Nc3cccc(C)n3)cn2)ccc1OCC(N)=O. The first-order valence-corrected chi connectivity index (χ1v) is 11.0. The van der Waals surface area contributed by atoms with Gasteiger partial charge >= 0.3 is 0 Å². The Kier molecular flexibility index (Phi) is 7.04. The second-order valence-corrected chi connectivity index (χ2v) is 8.13. The molecule has 1 atom stereocenters. The van der Waals surface area contributed by atoms with Crippen LogP contribution in [0.3, 0.4) is 0 Å². The topological polar surface area (TPSA) is 103 Å². The first kappa shape index (κ1) is 22.5. The van der Waals surface area contributed by atoms with Crippen molar-refractivity contribution in [2.75, 3.05) is 25.6 Å². The van der Waals surface area contributed by atoms with Crippen molar-refractivity contribution < 1.29 is 14.3 Å². The summed E-state index contributed by atoms with van der Waals surface area (Å²) in [5.74, 6) is 1.38. The van der Waals surface area contributed by atoms with Gasteiger partial charge in [-0.3, -0.25) is 14.7 Å². The monoisotopic (exact) mass is 447 g/mol. The molecule has 3 N–H and O–H groups in total. The summed E-state index contributed by atoms with van der Waals surface area (Å²) < 4.78 is 10.9. The molecule has 0 spiro atoms. The van der Waals surface area contributed by atoms with Crippen LogP contribution in [-0.2, 0) is 11.3 Å². The largest absolute Gasteiger partial charge is 0.493 e. The van der Waals surface area contributed by atoms with Crippen molar-refractivity contribution in [1.29, 1.82) is 0 Å². The van der Waals surface area contributed by atoms with Gasteiger partial charge in [-0.25, -0.2) is 4.98 Å². The molecule has 0 bridgehead atoms. The lowest BCUT2D eigenvalue weighted by molar-refractivity contribution is -0.119. The van der Waals surface area contributed by atoms with Crippen molar-refractivity contribution in [1.82, 2.24) is 14.9 Å². The minimum atomic E-state index is -0.523. The predicted molar refractivity (Wildman–Crippen MR) is 127 cm³/mol. The summed E-state index contributed by atoms with van der Waals surface area (Å²) in [5, 5.41) is 3.31. The summed E-state index contributed by atoms with van der Waals surface area (Å²) in [7, 11) is 1.58. The molecule has 8 nitrogen and oxygen atoms in total. The molecule has 1 fully saturated rings. The smallest absolute Gasteiger partial charge is 0.255 e. The van der Waals surface area contributed by atoms with Crippen LogP contribution < -0.4 is 20.5 Å². The Bertz CT molecular complexity index is 1100. The van der Waals surface area contributed by atoms with Gasteiger partial charge in [0.25, 0.3) is 5.91 Å². The van der Waals surface area contributed by atoms with Gasteiger partial charge in [-0.1, -0.05) is 12.1 Å². The third-order valence-electron chi connectivity index (χ3n) is 5.64. The quantitative estimate of drug-likeness (QED) is 0.515. The lowest BCUT2D eigenvalue weighted by Crippen LogP contribution is -2.23. The van der Waals surface area contributed by atoms with Gasteiger partial charge in [0, 0.05) is 12.2 Å². The summed E-state index contributed by atoms with van der Waals surface area (Å²) >= 11 is 0. The van der Waals surface area contributed by atoms with Crippen molar-refractivity contribution in [2.24, 2.45) is 5.73 Å². The predicted octanol–water partition coefficient (Wildman–Crippen LogP) is 3.74. The fraction of sp³-hybridized carbons (Fsp3) is 0.320. The molecule has 0 saturated carbocycles. The number of rotatable bonds is 9. The standard InChI is InChI=1S/C25H29N5O3/c1-17-5-3-7-25(28-17)29-19-9-10-20(27-14-19)21-6-4-12-30(21)15-18-8-11-22(23(13-18)32-2)33-16-24(26)31/h3,5,7-11,13-14,21H,4,6,12,15-16H2,1-2H3,(H2,26,31)(H,28,29)/t21-/m1/s1. The number of methoxy groups -OCH3 is 1. The van der Waals surface area contributed by atoms with Crippen molar-refractivity contribution in [3.05, 3.63) is 71.7 Å². The highest BCUT2D eigenvalue weighted by molar-refractivity contribution is 5.75. The summed E-state index contributed by atoms with van der Waals surface area (Å²) in [6.07, 6.45) is 4.05. The zero-order valence-electron chi connectivity index (χ0n) is 19.0. The van der Waals surface area contributed by atoms with Crippen LogP contribution in [0.5, 0.6) is 11.5 Å². The van der Waals surface area contributed by atoms with Gasteiger partial charge in [-0.05, 0) is 68.3 Å². The Labute approximate surface area is 193 Å². The van der Waals surface area contributed by atoms with Gasteiger partial charge < -0.3 is 20.5 Å². The van der Waals surface area contributed by atoms with E-state index < -0.39 is 5.91 Å². The minimum absolute atomic E-state index is 0.180. The maximum Gasteiger partial charge on any atom is 0.255 e. The number of aryl methyl sites for hydroxylation is 1. The van der Waals surface area contributed by atoms with E-state index >= 15 is 0 Å². The number of hydrogen-bond donors (Lipinski definition) is 2. The van der Waals surface area contributed by atoms with Crippen molar-refractivity contribution in [3.63, 3.8) is 0 Å². The van der Waals surface area contributed by atoms with E-state index in [1.807, 2.05) is 49.5 Å². The van der Waals surface area contributed by atoms with Gasteiger partial charge in [-0.15, -0.1) is 0 Å². The number of aromatic nitrogens is 2. The molecule has 172 valence electrons. The average molecular weight is 448 g/mol. The van der Waals surface area contributed by atoms with E-state index in [9.17, 15) is 4.79 Å². The number of nitrogens with one attached hydrogen (secondary N) is 1. The van der Waals surface area contributed by atoms with E-state index in [1.54, 1.807) is 7.11 Å². The van der Waals surface area contributed by atoms with Crippen LogP contribution in [0.1, 0.15) is 35.8 Å². The van der Waals surface area contributed by atoms with Gasteiger partial charge in [-0.2, -0.15) is 0 Å². The van der Waals surface area contributed by atoms with Crippen molar-refractivity contribution in [3.8, 4) is 11.5 Å². The Balaban J connectivity index is 1.43. The van der Waals surface area contributed by atoms with Crippen LogP contribution in [0.2, 0.25) is 0 Å². The fourth-order valence-corrected chi connectivity index (χ4v) is 4.10. The van der Waals surface area contributed by atoms with Gasteiger partial charge in [0.05, 0.1) is 30.7 Å². The molecule has 1 saturated heterocycles. The Morgan fingerprint density at radius 2 is 2.09 bits per heavy atom. The number of nitrogens with two attached hydrogens (primary N) is 1. The second-order valence-electron chi connectivity index (χ2n) is 8.13. The molecule has 0 radical (unpaired) electrons. The molecule has 2 aromatic heterocycles. The normalized spacial score (nSPS) is 15.9. The highest BCUT2D eigenvalue weighted by Crippen LogP contribution is 2.34. The summed E-state index contributed by atoms with van der Waals surface area (Å²) in [6.45, 7) is 3.56. The van der Waals surface area contributed by atoms with Crippen LogP contribution in [0.15, 0.2) is 54.7 Å². The van der Waals surface area contributed by atoms with Crippen LogP contribution in [-0.4, -0.2) is 41.0 Å². The van der Waals surface area contributed by atoms with Gasteiger partial charge in [0.15, 0.2) is 18.1 Å². The molecule has 1 aromatic carbocycles. The Morgan fingerprint density at radius 1 is 1.21 bits per heavy atom. The Hall–Kier alpha value is -3.65. The number of benzene rings is 1. The number of likely N-dealkylation sites (tertiary alicyclic amines) is 1. The lowest BCUT2D eigenvalue weighted by Gasteiger charge is -2.24. The number of nitrogens with zero attached hydrogens (tertiary/aromatic N) is 3. The van der Waals surface area contributed by atoms with Gasteiger partial charge in [0.2, 0.25) is 0 Å². The van der Waals surface area contributed by atoms with Crippen LogP contribution in [0.4, 0.5) is 11.5 Å². The summed E-state index contributed by atoms with van der Waals surface area (Å²) in [5.41, 5.74) is 9.22. The highest BCUT2D eigenvalue weighted by Gasteiger charge is 2.27. The summed E-state index contributed by atoms with van der Waals surface area (Å²) in [4.78, 5) is 22.6. The number of ether oxygens (including phenoxy) is 2. The fourth-order valence-electron chi connectivity index (χ4n) is 4.10. The number of carbonyl (C=O) groups excluding carboxylic acids is 1. The molecule has 8 heteroatoms. The Morgan fingerprint density at radius 3 is 2.82 bits per heavy atom. The number of anilines is 2. The van der Waals surface area contributed by atoms with E-state index in [0.29, 0.717) is 11.5 Å². The van der Waals surface area contributed by atoms with Crippen molar-refractivity contribution >= 4 is 17.4 Å². The third-order valence-corrected chi connectivity index (χ3v) is 5.64. The molecule has 0 aliphatic carbocycles. The number of primary amides is 1. The summed E-state index contributed by atoms with van der Waals surface area (Å²) in [6, 6.07) is 16.0. The van der Waals surface area contributed by atoms with Crippen LogP contribution >= 0.6 is 0 Å². The molecule has 0 unspecified atom stereocenters. The molecule has 3 heterocycles. The molecule has 1 aliphatic rings. The zero-order valence-corrected chi connectivity index (χ0v) is 19.0. The van der Waals surface area contributed by atoms with Crippen LogP contribution in [0.25, 0.3) is 0 Å². The van der Waals surface area contributed by atoms with Gasteiger partial charge in [0.1, 0.15) is 5.82 Å².